The molecule has 0 amide bonds. The van der Waals surface area contributed by atoms with Crippen molar-refractivity contribution in [3.63, 3.8) is 0 Å². The van der Waals surface area contributed by atoms with E-state index >= 15 is 0 Å². The van der Waals surface area contributed by atoms with E-state index in [4.69, 9.17) is 11.5 Å². The largest absolute Gasteiger partial charge is 0.379 e. The molecule has 0 bridgehead atoms. The van der Waals surface area contributed by atoms with E-state index in [2.05, 4.69) is 24.9 Å². The standard InChI is InChI=1S/C11H11N5O3/c12-10(9-11(13)16-19-14-9)15-18-8(17)6-7-4-2-1-3-5-7/h1-5H,6H2,(H2,12,15)(H2,13,16). The number of rotatable bonds is 4. The number of hydrogen-bond acceptors (Lipinski definition) is 7. The summed E-state index contributed by atoms with van der Waals surface area (Å²) in [6.45, 7) is 0. The highest BCUT2D eigenvalue weighted by Gasteiger charge is 2.12. The number of hydrogen-bond donors (Lipinski definition) is 2. The Hall–Kier alpha value is -2.90. The van der Waals surface area contributed by atoms with Gasteiger partial charge in [0.15, 0.2) is 17.3 Å². The smallest absolute Gasteiger partial charge is 0.339 e. The molecule has 0 aliphatic heterocycles. The predicted molar refractivity (Wildman–Crippen MR) is 65.7 cm³/mol. The fourth-order valence-corrected chi connectivity index (χ4v) is 1.31. The molecule has 2 rings (SSSR count). The zero-order valence-corrected chi connectivity index (χ0v) is 9.81. The summed E-state index contributed by atoms with van der Waals surface area (Å²) in [5.74, 6) is -0.760. The zero-order valence-electron chi connectivity index (χ0n) is 9.81. The number of amidine groups is 1. The average molecular weight is 261 g/mol. The second-order valence-corrected chi connectivity index (χ2v) is 3.60. The van der Waals surface area contributed by atoms with Crippen LogP contribution in [0.2, 0.25) is 0 Å². The molecule has 98 valence electrons. The maximum absolute atomic E-state index is 11.5. The molecule has 19 heavy (non-hydrogen) atoms. The first-order valence-corrected chi connectivity index (χ1v) is 5.32. The Bertz CT molecular complexity index is 593. The van der Waals surface area contributed by atoms with Gasteiger partial charge in [0, 0.05) is 0 Å². The normalized spacial score (nSPS) is 11.3. The summed E-state index contributed by atoms with van der Waals surface area (Å²) in [6.07, 6.45) is 0.0875. The highest BCUT2D eigenvalue weighted by atomic mass is 16.7. The van der Waals surface area contributed by atoms with Gasteiger partial charge < -0.3 is 16.3 Å². The van der Waals surface area contributed by atoms with Crippen molar-refractivity contribution in [1.82, 2.24) is 10.3 Å². The van der Waals surface area contributed by atoms with Gasteiger partial charge in [-0.1, -0.05) is 35.5 Å². The molecule has 0 unspecified atom stereocenters. The van der Waals surface area contributed by atoms with E-state index in [0.717, 1.165) is 5.56 Å². The SMILES string of the molecule is N/C(=N\OC(=O)Cc1ccccc1)c1nonc1N. The first-order valence-electron chi connectivity index (χ1n) is 5.32. The lowest BCUT2D eigenvalue weighted by atomic mass is 10.2. The van der Waals surface area contributed by atoms with Crippen LogP contribution in [-0.2, 0) is 16.1 Å². The van der Waals surface area contributed by atoms with Crippen molar-refractivity contribution in [3.8, 4) is 0 Å². The summed E-state index contributed by atoms with van der Waals surface area (Å²) in [5.41, 5.74) is 11.8. The zero-order chi connectivity index (χ0) is 13.7. The van der Waals surface area contributed by atoms with E-state index in [1.165, 1.54) is 0 Å². The van der Waals surface area contributed by atoms with Crippen LogP contribution in [0.15, 0.2) is 40.1 Å². The van der Waals surface area contributed by atoms with Gasteiger partial charge in [-0.15, -0.1) is 0 Å². The number of benzene rings is 1. The van der Waals surface area contributed by atoms with Crippen molar-refractivity contribution in [2.24, 2.45) is 10.9 Å². The molecule has 8 nitrogen and oxygen atoms in total. The van der Waals surface area contributed by atoms with Crippen LogP contribution in [0.4, 0.5) is 5.82 Å². The lowest BCUT2D eigenvalue weighted by Crippen LogP contribution is -2.17. The molecule has 0 atom stereocenters. The van der Waals surface area contributed by atoms with Gasteiger partial charge in [0.2, 0.25) is 0 Å². The van der Waals surface area contributed by atoms with Gasteiger partial charge in [0.05, 0.1) is 6.42 Å². The third-order valence-electron chi connectivity index (χ3n) is 2.19. The van der Waals surface area contributed by atoms with E-state index in [1.807, 2.05) is 18.2 Å². The predicted octanol–water partition coefficient (Wildman–Crippen LogP) is 0.0580. The Balaban J connectivity index is 1.95. The van der Waals surface area contributed by atoms with E-state index in [1.54, 1.807) is 12.1 Å². The van der Waals surface area contributed by atoms with E-state index in [0.29, 0.717) is 0 Å². The van der Waals surface area contributed by atoms with Crippen molar-refractivity contribution < 1.29 is 14.3 Å². The van der Waals surface area contributed by atoms with Crippen LogP contribution < -0.4 is 11.5 Å². The van der Waals surface area contributed by atoms with E-state index in [9.17, 15) is 4.79 Å². The van der Waals surface area contributed by atoms with Crippen LogP contribution in [0.5, 0.6) is 0 Å². The monoisotopic (exact) mass is 261 g/mol. The van der Waals surface area contributed by atoms with Gasteiger partial charge in [0.25, 0.3) is 0 Å². The molecular weight excluding hydrogens is 250 g/mol. The molecule has 0 fully saturated rings. The van der Waals surface area contributed by atoms with Crippen LogP contribution in [-0.4, -0.2) is 22.1 Å². The molecule has 8 heteroatoms. The summed E-state index contributed by atoms with van der Waals surface area (Å²) in [6, 6.07) is 9.09. The number of nitrogens with two attached hydrogens (primary N) is 2. The van der Waals surface area contributed by atoms with Crippen molar-refractivity contribution in [3.05, 3.63) is 41.6 Å². The van der Waals surface area contributed by atoms with E-state index in [-0.39, 0.29) is 23.8 Å². The van der Waals surface area contributed by atoms with Gasteiger partial charge >= 0.3 is 5.97 Å². The Morgan fingerprint density at radius 2 is 2.05 bits per heavy atom. The summed E-state index contributed by atoms with van der Waals surface area (Å²) in [4.78, 5) is 16.1. The number of carbonyl (C=O) groups is 1. The van der Waals surface area contributed by atoms with Crippen LogP contribution in [0, 0.1) is 0 Å². The number of oxime groups is 1. The fraction of sp³-hybridized carbons (Fsp3) is 0.0909. The van der Waals surface area contributed by atoms with Crippen LogP contribution in [0.1, 0.15) is 11.3 Å². The molecule has 4 N–H and O–H groups in total. The number of aromatic nitrogens is 2. The molecule has 1 heterocycles. The van der Waals surface area contributed by atoms with Crippen LogP contribution in [0.25, 0.3) is 0 Å². The number of nitrogens with zero attached hydrogens (tertiary/aromatic N) is 3. The first kappa shape index (κ1) is 12.6. The van der Waals surface area contributed by atoms with Gasteiger partial charge in [-0.25, -0.2) is 9.42 Å². The van der Waals surface area contributed by atoms with E-state index < -0.39 is 5.97 Å². The molecule has 1 aromatic heterocycles. The Morgan fingerprint density at radius 1 is 1.32 bits per heavy atom. The number of nitrogen functional groups attached to an aromatic ring is 1. The van der Waals surface area contributed by atoms with Crippen molar-refractivity contribution in [2.45, 2.75) is 6.42 Å². The number of anilines is 1. The minimum Gasteiger partial charge on any atom is -0.379 e. The van der Waals surface area contributed by atoms with Crippen molar-refractivity contribution in [2.75, 3.05) is 5.73 Å². The van der Waals surface area contributed by atoms with Gasteiger partial charge in [-0.2, -0.15) is 0 Å². The third kappa shape index (κ3) is 3.28. The maximum atomic E-state index is 11.5. The summed E-state index contributed by atoms with van der Waals surface area (Å²) < 4.78 is 4.34. The lowest BCUT2D eigenvalue weighted by Gasteiger charge is -1.99. The molecule has 0 aliphatic rings. The van der Waals surface area contributed by atoms with Crippen LogP contribution in [0.3, 0.4) is 0 Å². The third-order valence-corrected chi connectivity index (χ3v) is 2.19. The quantitative estimate of drug-likeness (QED) is 0.344. The maximum Gasteiger partial charge on any atom is 0.339 e. The summed E-state index contributed by atoms with van der Waals surface area (Å²) in [5, 5.41) is 10.2. The highest BCUT2D eigenvalue weighted by molar-refractivity contribution is 5.99. The van der Waals surface area contributed by atoms with Gasteiger partial charge in [-0.05, 0) is 15.9 Å². The highest BCUT2D eigenvalue weighted by Crippen LogP contribution is 2.04. The van der Waals surface area contributed by atoms with Crippen molar-refractivity contribution >= 4 is 17.6 Å². The minimum atomic E-state index is -0.552. The second-order valence-electron chi connectivity index (χ2n) is 3.60. The number of carbonyl (C=O) groups excluding carboxylic acids is 1. The van der Waals surface area contributed by atoms with Gasteiger partial charge in [-0.3, -0.25) is 0 Å². The molecule has 2 aromatic rings. The first-order chi connectivity index (χ1) is 9.16. The topological polar surface area (TPSA) is 130 Å². The lowest BCUT2D eigenvalue weighted by molar-refractivity contribution is -0.142. The summed E-state index contributed by atoms with van der Waals surface area (Å²) >= 11 is 0. The molecular formula is C11H11N5O3. The van der Waals surface area contributed by atoms with Crippen molar-refractivity contribution in [1.29, 1.82) is 0 Å². The minimum absolute atomic E-state index is 0.0274. The molecule has 1 aromatic carbocycles. The van der Waals surface area contributed by atoms with Gasteiger partial charge in [0.1, 0.15) is 0 Å². The Morgan fingerprint density at radius 3 is 2.68 bits per heavy atom. The Kier molecular flexibility index (Phi) is 3.72. The second kappa shape index (κ2) is 5.63. The average Bonchev–Trinajstić information content (AvgIpc) is 2.83. The Labute approximate surface area is 108 Å². The molecule has 0 saturated heterocycles. The van der Waals surface area contributed by atoms with Crippen LogP contribution >= 0.6 is 0 Å². The molecule has 0 radical (unpaired) electrons. The molecule has 0 aliphatic carbocycles. The summed E-state index contributed by atoms with van der Waals surface area (Å²) in [7, 11) is 0. The molecule has 0 spiro atoms. The molecule has 0 saturated carbocycles. The fourth-order valence-electron chi connectivity index (χ4n) is 1.31.